The van der Waals surface area contributed by atoms with Gasteiger partial charge in [0.1, 0.15) is 11.9 Å². The van der Waals surface area contributed by atoms with Crippen LogP contribution in [0.5, 0.6) is 0 Å². The number of aryl methyl sites for hydroxylation is 1. The summed E-state index contributed by atoms with van der Waals surface area (Å²) in [4.78, 5) is 34.0. The van der Waals surface area contributed by atoms with Crippen molar-refractivity contribution in [3.05, 3.63) is 17.7 Å². The maximum Gasteiger partial charge on any atom is 0.407 e. The minimum Gasteiger partial charge on any atom is -0.453 e. The fourth-order valence-electron chi connectivity index (χ4n) is 2.96. The van der Waals surface area contributed by atoms with Crippen molar-refractivity contribution in [2.24, 2.45) is 5.92 Å². The number of rotatable bonds is 4. The number of amides is 2. The molecule has 0 aromatic carbocycles. The van der Waals surface area contributed by atoms with Crippen molar-refractivity contribution in [1.29, 1.82) is 0 Å². The lowest BCUT2D eigenvalue weighted by Gasteiger charge is -2.37. The topological polar surface area (TPSA) is 87.3 Å². The van der Waals surface area contributed by atoms with Gasteiger partial charge in [0.25, 0.3) is 0 Å². The highest BCUT2D eigenvalue weighted by molar-refractivity contribution is 5.86. The Morgan fingerprint density at radius 3 is 2.74 bits per heavy atom. The minimum absolute atomic E-state index is 0.0255. The van der Waals surface area contributed by atoms with Crippen LogP contribution in [-0.2, 0) is 9.53 Å². The molecular weight excluding hydrogens is 296 g/mol. The van der Waals surface area contributed by atoms with Crippen LogP contribution in [0, 0.1) is 12.8 Å². The Hall–Kier alpha value is -2.05. The van der Waals surface area contributed by atoms with Gasteiger partial charge in [0.05, 0.1) is 13.2 Å². The molecule has 0 bridgehead atoms. The number of ether oxygens (including phenoxy) is 1. The zero-order chi connectivity index (χ0) is 17.0. The molecular formula is C16H26N4O3. The number of aromatic nitrogens is 2. The third-order valence-corrected chi connectivity index (χ3v) is 4.22. The Labute approximate surface area is 136 Å². The molecule has 1 aromatic heterocycles. The number of imidazole rings is 1. The summed E-state index contributed by atoms with van der Waals surface area (Å²) in [6, 6.07) is -0.662. The number of likely N-dealkylation sites (tertiary alicyclic amines) is 1. The standard InChI is InChI=1S/C16H26N4O3/c1-10(2)13(19-16(22)23-4)15(21)20-8-6-5-7-12(20)14-17-9-11(3)18-14/h9-10,12-13H,5-8H2,1-4H3,(H,17,18)(H,19,22). The molecule has 0 spiro atoms. The Morgan fingerprint density at radius 2 is 2.17 bits per heavy atom. The molecule has 7 nitrogen and oxygen atoms in total. The number of methoxy groups -OCH3 is 1. The number of piperidine rings is 1. The maximum absolute atomic E-state index is 13.0. The number of aromatic amines is 1. The molecule has 7 heteroatoms. The zero-order valence-electron chi connectivity index (χ0n) is 14.3. The lowest BCUT2D eigenvalue weighted by atomic mass is 9.97. The molecule has 2 heterocycles. The first kappa shape index (κ1) is 17.3. The van der Waals surface area contributed by atoms with Crippen molar-refractivity contribution in [2.75, 3.05) is 13.7 Å². The molecule has 23 heavy (non-hydrogen) atoms. The first-order chi connectivity index (χ1) is 10.9. The number of H-pyrrole nitrogens is 1. The zero-order valence-corrected chi connectivity index (χ0v) is 14.3. The summed E-state index contributed by atoms with van der Waals surface area (Å²) in [5.74, 6) is 0.711. The third kappa shape index (κ3) is 4.03. The highest BCUT2D eigenvalue weighted by Gasteiger charge is 2.35. The van der Waals surface area contributed by atoms with Gasteiger partial charge in [-0.25, -0.2) is 9.78 Å². The van der Waals surface area contributed by atoms with Crippen LogP contribution < -0.4 is 5.32 Å². The number of nitrogens with zero attached hydrogens (tertiary/aromatic N) is 2. The third-order valence-electron chi connectivity index (χ3n) is 4.22. The predicted octanol–water partition coefficient (Wildman–Crippen LogP) is 2.15. The smallest absolute Gasteiger partial charge is 0.407 e. The van der Waals surface area contributed by atoms with Gasteiger partial charge in [0.15, 0.2) is 0 Å². The first-order valence-electron chi connectivity index (χ1n) is 8.10. The summed E-state index contributed by atoms with van der Waals surface area (Å²) in [5, 5.41) is 2.66. The largest absolute Gasteiger partial charge is 0.453 e. The van der Waals surface area contributed by atoms with E-state index >= 15 is 0 Å². The van der Waals surface area contributed by atoms with Crippen LogP contribution >= 0.6 is 0 Å². The summed E-state index contributed by atoms with van der Waals surface area (Å²) >= 11 is 0. The van der Waals surface area contributed by atoms with Gasteiger partial charge in [-0.2, -0.15) is 0 Å². The molecule has 128 valence electrons. The van der Waals surface area contributed by atoms with Crippen LogP contribution in [0.3, 0.4) is 0 Å². The monoisotopic (exact) mass is 322 g/mol. The van der Waals surface area contributed by atoms with Gasteiger partial charge in [0, 0.05) is 18.4 Å². The van der Waals surface area contributed by atoms with E-state index in [1.165, 1.54) is 7.11 Å². The van der Waals surface area contributed by atoms with Crippen molar-refractivity contribution >= 4 is 12.0 Å². The van der Waals surface area contributed by atoms with Gasteiger partial charge in [0.2, 0.25) is 5.91 Å². The Morgan fingerprint density at radius 1 is 1.43 bits per heavy atom. The molecule has 0 radical (unpaired) electrons. The van der Waals surface area contributed by atoms with Crippen LogP contribution in [0.2, 0.25) is 0 Å². The highest BCUT2D eigenvalue weighted by Crippen LogP contribution is 2.30. The highest BCUT2D eigenvalue weighted by atomic mass is 16.5. The van der Waals surface area contributed by atoms with E-state index in [9.17, 15) is 9.59 Å². The normalized spacial score (nSPS) is 19.5. The quantitative estimate of drug-likeness (QED) is 0.889. The number of alkyl carbamates (subject to hydrolysis) is 1. The average molecular weight is 322 g/mol. The second-order valence-electron chi connectivity index (χ2n) is 6.35. The van der Waals surface area contributed by atoms with Gasteiger partial charge in [-0.1, -0.05) is 13.8 Å². The minimum atomic E-state index is -0.598. The van der Waals surface area contributed by atoms with Gasteiger partial charge >= 0.3 is 6.09 Å². The van der Waals surface area contributed by atoms with E-state index in [-0.39, 0.29) is 17.9 Å². The molecule has 2 rings (SSSR count). The first-order valence-corrected chi connectivity index (χ1v) is 8.10. The van der Waals surface area contributed by atoms with E-state index in [4.69, 9.17) is 0 Å². The van der Waals surface area contributed by atoms with E-state index in [1.807, 2.05) is 25.7 Å². The van der Waals surface area contributed by atoms with Crippen molar-refractivity contribution < 1.29 is 14.3 Å². The lowest BCUT2D eigenvalue weighted by molar-refractivity contribution is -0.138. The summed E-state index contributed by atoms with van der Waals surface area (Å²) in [7, 11) is 1.30. The molecule has 1 saturated heterocycles. The molecule has 0 saturated carbocycles. The molecule has 1 aromatic rings. The van der Waals surface area contributed by atoms with Crippen molar-refractivity contribution in [3.8, 4) is 0 Å². The molecule has 1 aliphatic heterocycles. The van der Waals surface area contributed by atoms with Crippen molar-refractivity contribution in [1.82, 2.24) is 20.2 Å². The lowest BCUT2D eigenvalue weighted by Crippen LogP contribution is -2.53. The maximum atomic E-state index is 13.0. The molecule has 2 atom stereocenters. The Balaban J connectivity index is 2.20. The molecule has 2 unspecified atom stereocenters. The number of hydrogen-bond donors (Lipinski definition) is 2. The number of hydrogen-bond acceptors (Lipinski definition) is 4. The average Bonchev–Trinajstić information content (AvgIpc) is 2.97. The second kappa shape index (κ2) is 7.48. The fourth-order valence-corrected chi connectivity index (χ4v) is 2.96. The number of carbonyl (C=O) groups excluding carboxylic acids is 2. The summed E-state index contributed by atoms with van der Waals surface area (Å²) < 4.78 is 4.64. The summed E-state index contributed by atoms with van der Waals surface area (Å²) in [6.45, 7) is 6.44. The van der Waals surface area contributed by atoms with E-state index in [0.717, 1.165) is 30.8 Å². The van der Waals surface area contributed by atoms with Crippen LogP contribution in [0.1, 0.15) is 50.7 Å². The van der Waals surface area contributed by atoms with Gasteiger partial charge in [-0.15, -0.1) is 0 Å². The van der Waals surface area contributed by atoms with Crippen LogP contribution in [-0.4, -0.2) is 46.6 Å². The molecule has 2 N–H and O–H groups in total. The summed E-state index contributed by atoms with van der Waals surface area (Å²) in [6.07, 6.45) is 4.09. The van der Waals surface area contributed by atoms with E-state index in [0.29, 0.717) is 6.54 Å². The molecule has 2 amide bonds. The second-order valence-corrected chi connectivity index (χ2v) is 6.35. The predicted molar refractivity (Wildman–Crippen MR) is 85.8 cm³/mol. The van der Waals surface area contributed by atoms with Crippen LogP contribution in [0.4, 0.5) is 4.79 Å². The van der Waals surface area contributed by atoms with Gasteiger partial charge < -0.3 is 19.9 Å². The van der Waals surface area contributed by atoms with E-state index in [1.54, 1.807) is 6.20 Å². The SMILES string of the molecule is COC(=O)NC(C(=O)N1CCCCC1c1ncc(C)[nH]1)C(C)C. The van der Waals surface area contributed by atoms with E-state index < -0.39 is 12.1 Å². The van der Waals surface area contributed by atoms with Gasteiger partial charge in [-0.3, -0.25) is 4.79 Å². The Bertz CT molecular complexity index is 555. The van der Waals surface area contributed by atoms with Crippen LogP contribution in [0.25, 0.3) is 0 Å². The molecule has 0 aliphatic carbocycles. The van der Waals surface area contributed by atoms with Crippen molar-refractivity contribution in [2.45, 2.75) is 52.1 Å². The summed E-state index contributed by atoms with van der Waals surface area (Å²) in [5.41, 5.74) is 0.978. The van der Waals surface area contributed by atoms with Gasteiger partial charge in [-0.05, 0) is 32.1 Å². The number of carbonyl (C=O) groups is 2. The Kier molecular flexibility index (Phi) is 5.63. The molecule has 1 aliphatic rings. The molecule has 1 fully saturated rings. The van der Waals surface area contributed by atoms with Crippen molar-refractivity contribution in [3.63, 3.8) is 0 Å². The van der Waals surface area contributed by atoms with Crippen LogP contribution in [0.15, 0.2) is 6.20 Å². The fraction of sp³-hybridized carbons (Fsp3) is 0.688. The number of nitrogens with one attached hydrogen (secondary N) is 2. The van der Waals surface area contributed by atoms with E-state index in [2.05, 4.69) is 20.0 Å².